The average Bonchev–Trinajstić information content (AvgIpc) is 2.76. The second-order valence-corrected chi connectivity index (χ2v) is 5.47. The topological polar surface area (TPSA) is 37.5 Å². The van der Waals surface area contributed by atoms with Crippen molar-refractivity contribution in [2.45, 2.75) is 13.5 Å². The van der Waals surface area contributed by atoms with Gasteiger partial charge in [0.25, 0.3) is 0 Å². The predicted molar refractivity (Wildman–Crippen MR) is 81.3 cm³/mol. The molecule has 0 atom stereocenters. The van der Waals surface area contributed by atoms with Crippen molar-refractivity contribution >= 4 is 28.8 Å². The van der Waals surface area contributed by atoms with Crippen molar-refractivity contribution < 1.29 is 5.11 Å². The molecule has 1 aromatic carbocycles. The van der Waals surface area contributed by atoms with E-state index in [-0.39, 0.29) is 6.61 Å². The number of benzene rings is 1. The zero-order chi connectivity index (χ0) is 14.3. The van der Waals surface area contributed by atoms with Crippen LogP contribution in [0.2, 0.25) is 10.0 Å². The number of aromatic nitrogens is 2. The summed E-state index contributed by atoms with van der Waals surface area (Å²) in [6, 6.07) is 9.35. The summed E-state index contributed by atoms with van der Waals surface area (Å²) in [5.41, 5.74) is 3.97. The molecule has 2 heterocycles. The summed E-state index contributed by atoms with van der Waals surface area (Å²) in [7, 11) is 0. The summed E-state index contributed by atoms with van der Waals surface area (Å²) in [5.74, 6) is 0. The summed E-state index contributed by atoms with van der Waals surface area (Å²) in [4.78, 5) is 4.55. The van der Waals surface area contributed by atoms with Crippen molar-refractivity contribution in [3.8, 4) is 11.3 Å². The Hall–Kier alpha value is -1.55. The second kappa shape index (κ2) is 5.09. The van der Waals surface area contributed by atoms with Crippen LogP contribution in [0, 0.1) is 6.92 Å². The number of halogens is 2. The highest BCUT2D eigenvalue weighted by molar-refractivity contribution is 6.33. The van der Waals surface area contributed by atoms with Gasteiger partial charge in [-0.3, -0.25) is 4.40 Å². The molecular formula is C15H12Cl2N2O. The summed E-state index contributed by atoms with van der Waals surface area (Å²) in [6.45, 7) is 1.84. The van der Waals surface area contributed by atoms with E-state index in [0.717, 1.165) is 16.8 Å². The summed E-state index contributed by atoms with van der Waals surface area (Å²) in [5, 5.41) is 10.9. The molecule has 0 fully saturated rings. The minimum Gasteiger partial charge on any atom is -0.390 e. The lowest BCUT2D eigenvalue weighted by atomic mass is 10.1. The molecule has 5 heteroatoms. The Morgan fingerprint density at radius 1 is 1.20 bits per heavy atom. The minimum absolute atomic E-state index is 0.138. The lowest BCUT2D eigenvalue weighted by Gasteiger charge is -2.05. The third-order valence-corrected chi connectivity index (χ3v) is 3.75. The maximum absolute atomic E-state index is 9.66. The van der Waals surface area contributed by atoms with E-state index in [4.69, 9.17) is 23.2 Å². The summed E-state index contributed by atoms with van der Waals surface area (Å²) < 4.78 is 1.79. The van der Waals surface area contributed by atoms with Crippen LogP contribution < -0.4 is 0 Å². The molecule has 0 amide bonds. The molecule has 2 aromatic heterocycles. The van der Waals surface area contributed by atoms with E-state index in [0.29, 0.717) is 21.4 Å². The number of rotatable bonds is 2. The fourth-order valence-corrected chi connectivity index (χ4v) is 2.73. The third kappa shape index (κ3) is 2.18. The fourth-order valence-electron chi connectivity index (χ4n) is 2.25. The summed E-state index contributed by atoms with van der Waals surface area (Å²) >= 11 is 12.3. The van der Waals surface area contributed by atoms with Crippen molar-refractivity contribution in [3.63, 3.8) is 0 Å². The molecule has 0 radical (unpaired) electrons. The first-order valence-electron chi connectivity index (χ1n) is 6.14. The molecule has 1 N–H and O–H groups in total. The monoisotopic (exact) mass is 306 g/mol. The predicted octanol–water partition coefficient (Wildman–Crippen LogP) is 4.11. The van der Waals surface area contributed by atoms with Crippen molar-refractivity contribution in [2.75, 3.05) is 0 Å². The highest BCUT2D eigenvalue weighted by atomic mass is 35.5. The largest absolute Gasteiger partial charge is 0.390 e. The van der Waals surface area contributed by atoms with Crippen LogP contribution in [0.15, 0.2) is 36.5 Å². The number of hydrogen-bond donors (Lipinski definition) is 1. The zero-order valence-electron chi connectivity index (χ0n) is 10.8. The Labute approximate surface area is 126 Å². The van der Waals surface area contributed by atoms with E-state index in [1.165, 1.54) is 0 Å². The van der Waals surface area contributed by atoms with Crippen LogP contribution in [0.4, 0.5) is 0 Å². The maximum Gasteiger partial charge on any atom is 0.137 e. The Morgan fingerprint density at radius 2 is 2.00 bits per heavy atom. The van der Waals surface area contributed by atoms with E-state index < -0.39 is 0 Å². The Kier molecular flexibility index (Phi) is 3.42. The maximum atomic E-state index is 9.66. The van der Waals surface area contributed by atoms with Crippen LogP contribution in [0.25, 0.3) is 16.9 Å². The lowest BCUT2D eigenvalue weighted by molar-refractivity contribution is 0.276. The van der Waals surface area contributed by atoms with Gasteiger partial charge in [0.05, 0.1) is 28.0 Å². The Bertz CT molecular complexity index is 796. The van der Waals surface area contributed by atoms with Crippen molar-refractivity contribution in [3.05, 3.63) is 57.8 Å². The van der Waals surface area contributed by atoms with Gasteiger partial charge >= 0.3 is 0 Å². The summed E-state index contributed by atoms with van der Waals surface area (Å²) in [6.07, 6.45) is 1.74. The first-order valence-corrected chi connectivity index (χ1v) is 6.89. The number of imidazole rings is 1. The van der Waals surface area contributed by atoms with Crippen LogP contribution in [-0.2, 0) is 6.61 Å². The number of aliphatic hydroxyl groups is 1. The molecule has 3 nitrogen and oxygen atoms in total. The van der Waals surface area contributed by atoms with Crippen molar-refractivity contribution in [1.29, 1.82) is 0 Å². The number of aryl methyl sites for hydroxylation is 1. The molecule has 0 aliphatic heterocycles. The number of fused-ring (bicyclic) bond motifs is 1. The highest BCUT2D eigenvalue weighted by Crippen LogP contribution is 2.31. The van der Waals surface area contributed by atoms with Gasteiger partial charge in [-0.05, 0) is 30.7 Å². The van der Waals surface area contributed by atoms with Crippen molar-refractivity contribution in [1.82, 2.24) is 9.38 Å². The molecule has 0 aliphatic carbocycles. The number of hydrogen-bond acceptors (Lipinski definition) is 2. The molecular weight excluding hydrogens is 295 g/mol. The third-order valence-electron chi connectivity index (χ3n) is 3.21. The van der Waals surface area contributed by atoms with Crippen LogP contribution in [0.3, 0.4) is 0 Å². The van der Waals surface area contributed by atoms with Gasteiger partial charge in [-0.15, -0.1) is 0 Å². The van der Waals surface area contributed by atoms with Gasteiger partial charge in [-0.25, -0.2) is 4.98 Å². The molecule has 102 valence electrons. The normalized spacial score (nSPS) is 11.2. The van der Waals surface area contributed by atoms with Crippen molar-refractivity contribution in [2.24, 2.45) is 0 Å². The molecule has 20 heavy (non-hydrogen) atoms. The van der Waals surface area contributed by atoms with Gasteiger partial charge in [0.1, 0.15) is 5.65 Å². The van der Waals surface area contributed by atoms with Crippen LogP contribution >= 0.6 is 23.2 Å². The molecule has 3 aromatic rings. The molecule has 0 unspecified atom stereocenters. The fraction of sp³-hybridized carbons (Fsp3) is 0.133. The molecule has 0 bridgehead atoms. The standard InChI is InChI=1S/C15H12Cl2N2O/c1-9-2-4-11(12(17)6-9)15-13(8-20)19-7-10(16)3-5-14(19)18-15/h2-7,20H,8H2,1H3. The van der Waals surface area contributed by atoms with Crippen LogP contribution in [-0.4, -0.2) is 14.5 Å². The molecule has 0 aliphatic rings. The van der Waals surface area contributed by atoms with Gasteiger partial charge in [-0.1, -0.05) is 35.3 Å². The first kappa shape index (κ1) is 13.4. The van der Waals surface area contributed by atoms with Crippen LogP contribution in [0.1, 0.15) is 11.3 Å². The average molecular weight is 307 g/mol. The minimum atomic E-state index is -0.138. The lowest BCUT2D eigenvalue weighted by Crippen LogP contribution is -1.94. The highest BCUT2D eigenvalue weighted by Gasteiger charge is 2.15. The van der Waals surface area contributed by atoms with Gasteiger partial charge in [0, 0.05) is 11.8 Å². The Morgan fingerprint density at radius 3 is 2.70 bits per heavy atom. The van der Waals surface area contributed by atoms with E-state index in [2.05, 4.69) is 4.98 Å². The smallest absolute Gasteiger partial charge is 0.137 e. The molecule has 3 rings (SSSR count). The first-order chi connectivity index (χ1) is 9.60. The van der Waals surface area contributed by atoms with Crippen LogP contribution in [0.5, 0.6) is 0 Å². The van der Waals surface area contributed by atoms with E-state index in [1.54, 1.807) is 16.7 Å². The van der Waals surface area contributed by atoms with Gasteiger partial charge in [-0.2, -0.15) is 0 Å². The quantitative estimate of drug-likeness (QED) is 0.773. The van der Waals surface area contributed by atoms with Gasteiger partial charge in [0.15, 0.2) is 0 Å². The van der Waals surface area contributed by atoms with E-state index >= 15 is 0 Å². The number of nitrogens with zero attached hydrogens (tertiary/aromatic N) is 2. The molecule has 0 saturated heterocycles. The van der Waals surface area contributed by atoms with E-state index in [1.807, 2.05) is 31.2 Å². The zero-order valence-corrected chi connectivity index (χ0v) is 12.3. The Balaban J connectivity index is 2.30. The number of aliphatic hydroxyl groups excluding tert-OH is 1. The van der Waals surface area contributed by atoms with Gasteiger partial charge in [0.2, 0.25) is 0 Å². The molecule has 0 spiro atoms. The molecule has 0 saturated carbocycles. The second-order valence-electron chi connectivity index (χ2n) is 4.62. The van der Waals surface area contributed by atoms with E-state index in [9.17, 15) is 5.11 Å². The van der Waals surface area contributed by atoms with Gasteiger partial charge < -0.3 is 5.11 Å². The SMILES string of the molecule is Cc1ccc(-c2nc3ccc(Cl)cn3c2CO)c(Cl)c1. The number of pyridine rings is 1.